The van der Waals surface area contributed by atoms with Crippen LogP contribution in [-0.2, 0) is 22.6 Å². The molecule has 0 saturated heterocycles. The van der Waals surface area contributed by atoms with Crippen LogP contribution in [0.4, 0.5) is 0 Å². The van der Waals surface area contributed by atoms with Gasteiger partial charge in [0.25, 0.3) is 0 Å². The Hall–Kier alpha value is -2.47. The van der Waals surface area contributed by atoms with Crippen molar-refractivity contribution < 1.29 is 9.53 Å². The third-order valence-electron chi connectivity index (χ3n) is 14.8. The summed E-state index contributed by atoms with van der Waals surface area (Å²) in [4.78, 5) is 18.4. The van der Waals surface area contributed by atoms with Gasteiger partial charge in [0.2, 0.25) is 0 Å². The van der Waals surface area contributed by atoms with E-state index in [0.29, 0.717) is 18.5 Å². The fourth-order valence-electron chi connectivity index (χ4n) is 12.0. The summed E-state index contributed by atoms with van der Waals surface area (Å²) in [6.07, 6.45) is 17.8. The molecule has 3 saturated carbocycles. The Bertz CT molecular complexity index is 1460. The molecule has 0 spiro atoms. The van der Waals surface area contributed by atoms with Crippen LogP contribution in [0.2, 0.25) is 0 Å². The minimum atomic E-state index is -0.0696. The molecule has 4 unspecified atom stereocenters. The minimum Gasteiger partial charge on any atom is -0.461 e. The number of hydrogen-bond acceptors (Lipinski definition) is 5. The van der Waals surface area contributed by atoms with Crippen LogP contribution in [0, 0.1) is 46.3 Å². The molecule has 8 atom stereocenters. The molecule has 2 aromatic carbocycles. The van der Waals surface area contributed by atoms with Crippen LogP contribution in [-0.4, -0.2) is 54.6 Å². The average Bonchev–Trinajstić information content (AvgIpc) is 3.50. The Morgan fingerprint density at radius 3 is 2.17 bits per heavy atom. The summed E-state index contributed by atoms with van der Waals surface area (Å²) >= 11 is 0. The molecule has 0 amide bonds. The number of ether oxygens (including phenoxy) is 1. The second-order valence-corrected chi connectivity index (χ2v) is 18.7. The number of carbonyl (C=O) groups is 1. The highest BCUT2D eigenvalue weighted by atomic mass is 16.5. The largest absolute Gasteiger partial charge is 0.461 e. The van der Waals surface area contributed by atoms with Crippen LogP contribution in [0.25, 0.3) is 0 Å². The zero-order chi connectivity index (χ0) is 37.4. The molecule has 6 rings (SSSR count). The maximum Gasteiger partial charge on any atom is 0.320 e. The quantitative estimate of drug-likeness (QED) is 0.123. The third kappa shape index (κ3) is 9.86. The maximum absolute atomic E-state index is 13.7. The van der Waals surface area contributed by atoms with Crippen LogP contribution >= 0.6 is 0 Å². The summed E-state index contributed by atoms with van der Waals surface area (Å²) in [7, 11) is 0. The molecule has 2 aromatic rings. The molecule has 292 valence electrons. The number of rotatable bonds is 18. The van der Waals surface area contributed by atoms with E-state index < -0.39 is 0 Å². The molecule has 0 aliphatic heterocycles. The second kappa shape index (κ2) is 18.4. The van der Waals surface area contributed by atoms with Crippen molar-refractivity contribution in [3.05, 3.63) is 83.4 Å². The molecule has 5 nitrogen and oxygen atoms in total. The number of nitrogens with two attached hydrogens (primary N) is 1. The summed E-state index contributed by atoms with van der Waals surface area (Å²) in [5, 5.41) is 0. The predicted octanol–water partition coefficient (Wildman–Crippen LogP) is 10.3. The minimum absolute atomic E-state index is 0.000672. The fraction of sp³-hybridized carbons (Fsp3) is 0.688. The SMILES string of the molecule is CC(C)CCC[C@@H](C)[C@H]1CCC2C3CC=C4CC(OC(=O)CN(CCCN(CCN)Cc5ccccc5)Cc5ccccc5)CC[C@]4(C)C3CC[C@@]21C. The lowest BCUT2D eigenvalue weighted by molar-refractivity contribution is -0.153. The molecule has 0 aromatic heterocycles. The van der Waals surface area contributed by atoms with Crippen molar-refractivity contribution in [1.82, 2.24) is 9.80 Å². The van der Waals surface area contributed by atoms with E-state index in [9.17, 15) is 4.79 Å². The molecule has 2 N–H and O–H groups in total. The van der Waals surface area contributed by atoms with Gasteiger partial charge in [-0.1, -0.05) is 126 Å². The summed E-state index contributed by atoms with van der Waals surface area (Å²) in [6.45, 7) is 17.9. The van der Waals surface area contributed by atoms with E-state index in [4.69, 9.17) is 10.5 Å². The van der Waals surface area contributed by atoms with Crippen molar-refractivity contribution >= 4 is 5.97 Å². The molecule has 0 radical (unpaired) electrons. The van der Waals surface area contributed by atoms with Gasteiger partial charge in [-0.2, -0.15) is 0 Å². The van der Waals surface area contributed by atoms with Gasteiger partial charge >= 0.3 is 5.97 Å². The van der Waals surface area contributed by atoms with Gasteiger partial charge < -0.3 is 10.5 Å². The van der Waals surface area contributed by atoms with Gasteiger partial charge in [0.05, 0.1) is 6.54 Å². The van der Waals surface area contributed by atoms with Gasteiger partial charge in [0, 0.05) is 39.1 Å². The van der Waals surface area contributed by atoms with Crippen LogP contribution in [0.3, 0.4) is 0 Å². The number of carbonyl (C=O) groups excluding carboxylic acids is 1. The first-order valence-electron chi connectivity index (χ1n) is 21.7. The molecule has 0 bridgehead atoms. The Morgan fingerprint density at radius 2 is 1.49 bits per heavy atom. The number of esters is 1. The highest BCUT2D eigenvalue weighted by molar-refractivity contribution is 5.72. The first-order chi connectivity index (χ1) is 25.6. The lowest BCUT2D eigenvalue weighted by atomic mass is 9.47. The Labute approximate surface area is 323 Å². The van der Waals surface area contributed by atoms with Crippen molar-refractivity contribution in [2.24, 2.45) is 52.1 Å². The number of fused-ring (bicyclic) bond motifs is 5. The number of benzene rings is 2. The second-order valence-electron chi connectivity index (χ2n) is 18.7. The Balaban J connectivity index is 1.04. The molecule has 53 heavy (non-hydrogen) atoms. The van der Waals surface area contributed by atoms with Gasteiger partial charge in [-0.3, -0.25) is 14.6 Å². The molecular weight excluding hydrogens is 651 g/mol. The van der Waals surface area contributed by atoms with Gasteiger partial charge in [-0.05, 0) is 115 Å². The maximum atomic E-state index is 13.7. The average molecular weight is 724 g/mol. The first-order valence-corrected chi connectivity index (χ1v) is 21.7. The fourth-order valence-corrected chi connectivity index (χ4v) is 12.0. The smallest absolute Gasteiger partial charge is 0.320 e. The van der Waals surface area contributed by atoms with E-state index in [0.717, 1.165) is 93.9 Å². The van der Waals surface area contributed by atoms with Crippen LogP contribution in [0.1, 0.15) is 123 Å². The number of allylic oxidation sites excluding steroid dienone is 1. The number of hydrogen-bond donors (Lipinski definition) is 1. The third-order valence-corrected chi connectivity index (χ3v) is 14.8. The highest BCUT2D eigenvalue weighted by Crippen LogP contribution is 2.67. The summed E-state index contributed by atoms with van der Waals surface area (Å²) in [5.41, 5.74) is 10.9. The van der Waals surface area contributed by atoms with Crippen LogP contribution in [0.15, 0.2) is 72.3 Å². The molecular formula is C48H73N3O2. The molecule has 0 heterocycles. The van der Waals surface area contributed by atoms with Crippen molar-refractivity contribution in [1.29, 1.82) is 0 Å². The molecule has 4 aliphatic carbocycles. The van der Waals surface area contributed by atoms with Gasteiger partial charge in [-0.15, -0.1) is 0 Å². The van der Waals surface area contributed by atoms with Gasteiger partial charge in [-0.25, -0.2) is 0 Å². The van der Waals surface area contributed by atoms with Crippen LogP contribution in [0.5, 0.6) is 0 Å². The highest BCUT2D eigenvalue weighted by Gasteiger charge is 2.59. The van der Waals surface area contributed by atoms with Crippen molar-refractivity contribution in [3.63, 3.8) is 0 Å². The van der Waals surface area contributed by atoms with E-state index in [1.807, 2.05) is 0 Å². The zero-order valence-corrected chi connectivity index (χ0v) is 34.1. The summed E-state index contributed by atoms with van der Waals surface area (Å²) in [6, 6.07) is 21.2. The molecule has 5 heteroatoms. The predicted molar refractivity (Wildman–Crippen MR) is 220 cm³/mol. The van der Waals surface area contributed by atoms with Crippen molar-refractivity contribution in [2.45, 2.75) is 131 Å². The summed E-state index contributed by atoms with van der Waals surface area (Å²) in [5.74, 6) is 4.99. The normalized spacial score (nSPS) is 30.1. The Morgan fingerprint density at radius 1 is 0.811 bits per heavy atom. The standard InChI is InChI=1S/C48H73N3O2/c1-36(2)14-12-15-37(3)43-22-23-44-42-21-20-40-32-41(24-26-47(40,4)45(42)25-27-48(43,44)5)53-46(52)35-51(34-39-18-10-7-11-19-39)30-13-29-50(31-28-49)33-38-16-8-6-9-17-38/h6-11,16-20,36-37,41-45H,12-15,21-35,49H2,1-5H3/t37-,41?,42?,43-,44?,45?,47+,48-/m1/s1. The lowest BCUT2D eigenvalue weighted by Gasteiger charge is -2.58. The van der Waals surface area contributed by atoms with E-state index in [-0.39, 0.29) is 17.5 Å². The Kier molecular flexibility index (Phi) is 14.0. The monoisotopic (exact) mass is 724 g/mol. The number of nitrogens with zero attached hydrogens (tertiary/aromatic N) is 2. The zero-order valence-electron chi connectivity index (χ0n) is 34.1. The topological polar surface area (TPSA) is 58.8 Å². The molecule has 3 fully saturated rings. The van der Waals surface area contributed by atoms with E-state index in [1.165, 1.54) is 62.5 Å². The van der Waals surface area contributed by atoms with Crippen LogP contribution < -0.4 is 5.73 Å². The molecule has 4 aliphatic rings. The lowest BCUT2D eigenvalue weighted by Crippen LogP contribution is -2.51. The van der Waals surface area contributed by atoms with Gasteiger partial charge in [0.15, 0.2) is 0 Å². The van der Waals surface area contributed by atoms with Crippen molar-refractivity contribution in [3.8, 4) is 0 Å². The summed E-state index contributed by atoms with van der Waals surface area (Å²) < 4.78 is 6.36. The first kappa shape index (κ1) is 40.2. The van der Waals surface area contributed by atoms with E-state index >= 15 is 0 Å². The van der Waals surface area contributed by atoms with E-state index in [2.05, 4.69) is 111 Å². The van der Waals surface area contributed by atoms with Crippen molar-refractivity contribution in [2.75, 3.05) is 32.7 Å². The van der Waals surface area contributed by atoms with Gasteiger partial charge in [0.1, 0.15) is 6.10 Å². The van der Waals surface area contributed by atoms with E-state index in [1.54, 1.807) is 5.57 Å².